The highest BCUT2D eigenvalue weighted by Crippen LogP contribution is 2.22. The van der Waals surface area contributed by atoms with E-state index in [0.29, 0.717) is 19.4 Å². The molecule has 37 heavy (non-hydrogen) atoms. The molecule has 0 bridgehead atoms. The van der Waals surface area contributed by atoms with E-state index in [1.165, 1.54) is 44.3 Å². The maximum Gasteiger partial charge on any atom is 0.323 e. The topological polar surface area (TPSA) is 113 Å². The lowest BCUT2D eigenvalue weighted by Crippen LogP contribution is -2.53. The Hall–Kier alpha value is -2.20. The van der Waals surface area contributed by atoms with Crippen molar-refractivity contribution in [2.45, 2.75) is 78.8 Å². The molecule has 2 rings (SSSR count). The van der Waals surface area contributed by atoms with Crippen LogP contribution in [0, 0.1) is 11.8 Å². The lowest BCUT2D eigenvalue weighted by atomic mass is 10.0. The molecule has 2 atom stereocenters. The number of hydrogen-bond donors (Lipinski definition) is 2. The van der Waals surface area contributed by atoms with E-state index >= 15 is 0 Å². The molecule has 0 aromatic carbocycles. The summed E-state index contributed by atoms with van der Waals surface area (Å²) in [5.74, 6) is -0.448. The molecule has 2 aliphatic rings. The molecule has 2 saturated heterocycles. The van der Waals surface area contributed by atoms with Crippen molar-refractivity contribution in [1.82, 2.24) is 24.9 Å². The van der Waals surface area contributed by atoms with Crippen LogP contribution in [0.15, 0.2) is 0 Å². The highest BCUT2D eigenvalue weighted by Gasteiger charge is 2.36. The number of hydrogen-bond acceptors (Lipinski definition) is 6. The number of aliphatic carboxylic acids is 1. The third-order valence-corrected chi connectivity index (χ3v) is 6.40. The number of likely N-dealkylation sites (N-methyl/N-ethyl adjacent to an activating group) is 2. The van der Waals surface area contributed by atoms with Gasteiger partial charge in [-0.05, 0) is 64.2 Å². The zero-order valence-electron chi connectivity index (χ0n) is 24.5. The number of likely N-dealkylation sites (tertiary alicyclic amines) is 2. The third kappa shape index (κ3) is 15.0. The molecule has 2 fully saturated rings. The monoisotopic (exact) mass is 527 g/mol. The van der Waals surface area contributed by atoms with Crippen LogP contribution in [0.4, 0.5) is 0 Å². The minimum atomic E-state index is -1.04. The van der Waals surface area contributed by atoms with Crippen molar-refractivity contribution < 1.29 is 24.3 Å². The maximum atomic E-state index is 12.6. The number of carbonyl (C=O) groups excluding carboxylic acids is 3. The van der Waals surface area contributed by atoms with Crippen LogP contribution in [0.5, 0.6) is 0 Å². The number of carbonyl (C=O) groups is 4. The quantitative estimate of drug-likeness (QED) is 0.418. The summed E-state index contributed by atoms with van der Waals surface area (Å²) in [5, 5.41) is 11.3. The summed E-state index contributed by atoms with van der Waals surface area (Å²) >= 11 is 0. The summed E-state index contributed by atoms with van der Waals surface area (Å²) < 4.78 is 0. The maximum absolute atomic E-state index is 12.6. The Balaban J connectivity index is 0.000000968. The first-order valence-corrected chi connectivity index (χ1v) is 13.6. The molecule has 3 amide bonds. The van der Waals surface area contributed by atoms with Crippen LogP contribution in [0.3, 0.4) is 0 Å². The molecule has 10 nitrogen and oxygen atoms in total. The van der Waals surface area contributed by atoms with Crippen molar-refractivity contribution in [2.75, 3.05) is 60.4 Å². The van der Waals surface area contributed by atoms with Crippen LogP contribution in [-0.4, -0.2) is 121 Å². The molecule has 10 heteroatoms. The van der Waals surface area contributed by atoms with Crippen molar-refractivity contribution in [3.63, 3.8) is 0 Å². The average Bonchev–Trinajstić information content (AvgIpc) is 3.28. The predicted octanol–water partition coefficient (Wildman–Crippen LogP) is 1.99. The average molecular weight is 528 g/mol. The van der Waals surface area contributed by atoms with Gasteiger partial charge in [0.1, 0.15) is 6.54 Å². The fourth-order valence-electron chi connectivity index (χ4n) is 4.37. The largest absolute Gasteiger partial charge is 0.480 e. The molecular formula is C27H53N5O5. The van der Waals surface area contributed by atoms with Crippen molar-refractivity contribution >= 4 is 24.2 Å². The van der Waals surface area contributed by atoms with Crippen LogP contribution in [0.25, 0.3) is 0 Å². The lowest BCUT2D eigenvalue weighted by molar-refractivity contribution is -0.145. The Morgan fingerprint density at radius 3 is 2.00 bits per heavy atom. The Kier molecular flexibility index (Phi) is 17.8. The van der Waals surface area contributed by atoms with Gasteiger partial charge in [-0.1, -0.05) is 41.0 Å². The van der Waals surface area contributed by atoms with E-state index in [2.05, 4.69) is 38.0 Å². The lowest BCUT2D eigenvalue weighted by Gasteiger charge is -2.36. The second-order valence-corrected chi connectivity index (χ2v) is 11.2. The molecular weight excluding hydrogens is 474 g/mol. The minimum absolute atomic E-state index is 0.0626. The normalized spacial score (nSPS) is 18.7. The van der Waals surface area contributed by atoms with E-state index in [9.17, 15) is 19.2 Å². The summed E-state index contributed by atoms with van der Waals surface area (Å²) in [6, 6.07) is -0.480. The fraction of sp³-hybridized carbons (Fsp3) is 0.852. The number of carboxylic acids is 1. The van der Waals surface area contributed by atoms with E-state index in [1.54, 1.807) is 11.9 Å². The van der Waals surface area contributed by atoms with Gasteiger partial charge in [0.2, 0.25) is 18.2 Å². The first-order chi connectivity index (χ1) is 17.3. The van der Waals surface area contributed by atoms with Crippen LogP contribution >= 0.6 is 0 Å². The molecule has 2 aliphatic heterocycles. The molecule has 2 N–H and O–H groups in total. The van der Waals surface area contributed by atoms with Gasteiger partial charge in [0.15, 0.2) is 0 Å². The highest BCUT2D eigenvalue weighted by atomic mass is 16.4. The summed E-state index contributed by atoms with van der Waals surface area (Å²) in [4.78, 5) is 53.3. The van der Waals surface area contributed by atoms with E-state index in [1.807, 2.05) is 18.7 Å². The first kappa shape index (κ1) is 34.8. The molecule has 0 spiro atoms. The summed E-state index contributed by atoms with van der Waals surface area (Å²) in [7, 11) is 5.38. The number of piperidine rings is 1. The smallest absolute Gasteiger partial charge is 0.323 e. The van der Waals surface area contributed by atoms with Gasteiger partial charge in [-0.25, -0.2) is 0 Å². The van der Waals surface area contributed by atoms with Crippen molar-refractivity contribution in [3.8, 4) is 0 Å². The number of amides is 3. The van der Waals surface area contributed by atoms with Gasteiger partial charge in [0.05, 0.1) is 12.6 Å². The van der Waals surface area contributed by atoms with Gasteiger partial charge in [-0.15, -0.1) is 0 Å². The number of carboxylic acid groups (broad SMARTS) is 1. The van der Waals surface area contributed by atoms with Crippen LogP contribution < -0.4 is 5.32 Å². The van der Waals surface area contributed by atoms with Gasteiger partial charge < -0.3 is 25.1 Å². The SMILES string of the molecule is CC(C)C.CC(C)[C@@H](CN1CCC[C@H]1C(=O)N(C)CC(=O)O)N(C)C(=O)CNC=O.CN1CCCCC1. The Morgan fingerprint density at radius 1 is 1.00 bits per heavy atom. The molecule has 0 aromatic rings. The third-order valence-electron chi connectivity index (χ3n) is 6.40. The summed E-state index contributed by atoms with van der Waals surface area (Å²) in [6.07, 6.45) is 6.30. The van der Waals surface area contributed by atoms with E-state index in [0.717, 1.165) is 18.9 Å². The van der Waals surface area contributed by atoms with Crippen LogP contribution in [-0.2, 0) is 19.2 Å². The zero-order chi connectivity index (χ0) is 28.5. The Bertz CT molecular complexity index is 679. The van der Waals surface area contributed by atoms with Crippen LogP contribution in [0.2, 0.25) is 0 Å². The van der Waals surface area contributed by atoms with Crippen molar-refractivity contribution in [3.05, 3.63) is 0 Å². The fourth-order valence-corrected chi connectivity index (χ4v) is 4.37. The van der Waals surface area contributed by atoms with Gasteiger partial charge in [-0.3, -0.25) is 24.1 Å². The number of nitrogens with one attached hydrogen (secondary N) is 1. The summed E-state index contributed by atoms with van der Waals surface area (Å²) in [5.41, 5.74) is 0. The molecule has 0 unspecified atom stereocenters. The molecule has 2 heterocycles. The highest BCUT2D eigenvalue weighted by molar-refractivity contribution is 5.85. The second kappa shape index (κ2) is 19.0. The number of nitrogens with zero attached hydrogens (tertiary/aromatic N) is 4. The van der Waals surface area contributed by atoms with Gasteiger partial charge in [-0.2, -0.15) is 0 Å². The Morgan fingerprint density at radius 2 is 1.57 bits per heavy atom. The van der Waals surface area contributed by atoms with Gasteiger partial charge >= 0.3 is 5.97 Å². The molecule has 0 saturated carbocycles. The van der Waals surface area contributed by atoms with Gasteiger partial charge in [0, 0.05) is 26.7 Å². The van der Waals surface area contributed by atoms with E-state index < -0.39 is 5.97 Å². The second-order valence-electron chi connectivity index (χ2n) is 11.2. The molecule has 216 valence electrons. The molecule has 0 aliphatic carbocycles. The van der Waals surface area contributed by atoms with E-state index in [-0.39, 0.29) is 42.9 Å². The zero-order valence-corrected chi connectivity index (χ0v) is 24.5. The van der Waals surface area contributed by atoms with Crippen LogP contribution in [0.1, 0.15) is 66.7 Å². The predicted molar refractivity (Wildman–Crippen MR) is 147 cm³/mol. The van der Waals surface area contributed by atoms with Crippen molar-refractivity contribution in [1.29, 1.82) is 0 Å². The Labute approximate surface area is 224 Å². The van der Waals surface area contributed by atoms with E-state index in [4.69, 9.17) is 5.11 Å². The first-order valence-electron chi connectivity index (χ1n) is 13.6. The van der Waals surface area contributed by atoms with Gasteiger partial charge in [0.25, 0.3) is 0 Å². The standard InChI is InChI=1S/C17H30N4O5.C6H13N.C4H10/c1-12(2)14(20(4)15(23)8-18-11-22)9-21-7-5-6-13(21)17(26)19(3)10-16(24)25;1-7-5-3-2-4-6-7;1-4(2)3/h11-14H,5-10H2,1-4H3,(H,18,22)(H,24,25);2-6H2,1H3;4H,1-3H3/t13-,14+;;/m0../s1. The molecule has 0 aromatic heterocycles. The molecule has 0 radical (unpaired) electrons. The number of rotatable bonds is 10. The van der Waals surface area contributed by atoms with Crippen molar-refractivity contribution in [2.24, 2.45) is 11.8 Å². The minimum Gasteiger partial charge on any atom is -0.480 e. The summed E-state index contributed by atoms with van der Waals surface area (Å²) in [6.45, 7) is 14.0.